The van der Waals surface area contributed by atoms with Crippen molar-refractivity contribution in [3.8, 4) is 0 Å². The van der Waals surface area contributed by atoms with Crippen molar-refractivity contribution in [3.63, 3.8) is 0 Å². The molecule has 0 aliphatic carbocycles. The summed E-state index contributed by atoms with van der Waals surface area (Å²) in [5, 5.41) is 0. The summed E-state index contributed by atoms with van der Waals surface area (Å²) in [4.78, 5) is 0. The van der Waals surface area contributed by atoms with Gasteiger partial charge in [0, 0.05) is 0 Å². The van der Waals surface area contributed by atoms with E-state index in [0.717, 1.165) is 0 Å². The Kier molecular flexibility index (Phi) is 2000. The van der Waals surface area contributed by atoms with E-state index in [9.17, 15) is 0 Å². The van der Waals surface area contributed by atoms with Crippen LogP contribution in [-0.2, 0) is 45.1 Å². The van der Waals surface area contributed by atoms with Crippen molar-refractivity contribution in [2.75, 3.05) is 0 Å². The Labute approximate surface area is 69.3 Å². The monoisotopic (exact) mass is 166 g/mol. The largest absolute Gasteiger partial charge is 2.00 e. The van der Waals surface area contributed by atoms with Crippen LogP contribution in [-0.4, -0.2) is 5.48 Å². The van der Waals surface area contributed by atoms with Crippen molar-refractivity contribution in [2.24, 2.45) is 0 Å². The second kappa shape index (κ2) is 86.2. The van der Waals surface area contributed by atoms with Gasteiger partial charge in [0.05, 0.1) is 0 Å². The molecule has 0 bridgehead atoms. The third-order valence-corrected chi connectivity index (χ3v) is 0. The molecule has 0 rings (SSSR count). The molecule has 3 nitrogen and oxygen atoms in total. The van der Waals surface area contributed by atoms with Crippen molar-refractivity contribution in [3.05, 3.63) is 0 Å². The van der Waals surface area contributed by atoms with Crippen LogP contribution in [0, 0.1) is 0 Å². The summed E-state index contributed by atoms with van der Waals surface area (Å²) in [5.41, 5.74) is 0. The van der Waals surface area contributed by atoms with E-state index < -0.39 is 0 Å². The normalized spacial score (nSPS) is 0. The van der Waals surface area contributed by atoms with Crippen LogP contribution in [0.25, 0.3) is 0 Å². The third kappa shape index (κ3) is 48.9. The molecule has 0 aliphatic rings. The van der Waals surface area contributed by atoms with Crippen molar-refractivity contribution >= 4 is 0 Å². The van der Waals surface area contributed by atoms with Gasteiger partial charge >= 0.3 is 53.0 Å². The van der Waals surface area contributed by atoms with Crippen LogP contribution in [0.2, 0.25) is 0 Å². The molecule has 1 N–H and O–H groups in total. The van der Waals surface area contributed by atoms with E-state index >= 15 is 0 Å². The second-order valence-corrected chi connectivity index (χ2v) is 0. The average molecular weight is 166 g/mol. The van der Waals surface area contributed by atoms with Crippen molar-refractivity contribution < 1.29 is 69.4 Å². The first kappa shape index (κ1) is 139. The van der Waals surface area contributed by atoms with E-state index in [1.54, 1.807) is 0 Å². The van der Waals surface area contributed by atoms with Gasteiger partial charge in [-0.2, -0.15) is 0 Å². The Morgan fingerprint density at radius 1 is 0.667 bits per heavy atom. The van der Waals surface area contributed by atoms with Crippen LogP contribution in [0.4, 0.5) is 0 Å². The topological polar surface area (TPSA) is 87.0 Å². The van der Waals surface area contributed by atoms with Gasteiger partial charge in [-0.05, 0) is 0 Å². The fourth-order valence-electron chi connectivity index (χ4n) is 0. The number of rotatable bonds is 0. The summed E-state index contributed by atoms with van der Waals surface area (Å²) >= 11 is 0. The average Bonchev–Trinajstić information content (AvgIpc) is 0. The van der Waals surface area contributed by atoms with E-state index in [1.165, 1.54) is 0 Å². The van der Waals surface area contributed by atoms with Crippen LogP contribution < -0.4 is 18.9 Å². The molecule has 0 aliphatic heterocycles. The predicted octanol–water partition coefficient (Wildman–Crippen LogP) is -3.42. The maximum atomic E-state index is 0. The SMILES string of the molecule is [Li+].[Mn+2].[Mn+2].[O-2].[O-2].[OH-]. The van der Waals surface area contributed by atoms with Crippen LogP contribution in [0.15, 0.2) is 0 Å². The molecule has 0 heterocycles. The molecule has 0 aromatic carbocycles. The number of hydrogen-bond donors (Lipinski definition) is 0. The Morgan fingerprint density at radius 2 is 0.667 bits per heavy atom. The van der Waals surface area contributed by atoms with Gasteiger partial charge in [-0.25, -0.2) is 0 Å². The Hall–Kier alpha value is 1.52. The molecule has 0 saturated heterocycles. The molecule has 0 atom stereocenters. The van der Waals surface area contributed by atoms with E-state index in [2.05, 4.69) is 0 Å². The molecule has 6 heavy (non-hydrogen) atoms. The molecule has 0 unspecified atom stereocenters. The zero-order valence-corrected chi connectivity index (χ0v) is 5.38. The van der Waals surface area contributed by atoms with E-state index in [0.29, 0.717) is 0 Å². The van der Waals surface area contributed by atoms with Crippen LogP contribution in [0.1, 0.15) is 0 Å². The second-order valence-electron chi connectivity index (χ2n) is 0. The maximum Gasteiger partial charge on any atom is 2.00 e. The molecule has 0 spiro atoms. The standard InChI is InChI=1S/Li.2Mn.H2O.2O/h;;;1H2;;/q+1;2*+2;;2*-2/p-1. The van der Waals surface area contributed by atoms with Gasteiger partial charge in [-0.15, -0.1) is 0 Å². The van der Waals surface area contributed by atoms with Crippen molar-refractivity contribution in [1.82, 2.24) is 0 Å². The summed E-state index contributed by atoms with van der Waals surface area (Å²) < 4.78 is 0. The summed E-state index contributed by atoms with van der Waals surface area (Å²) in [7, 11) is 0. The quantitative estimate of drug-likeness (QED) is 0.344. The summed E-state index contributed by atoms with van der Waals surface area (Å²) in [6.07, 6.45) is 0. The third-order valence-electron chi connectivity index (χ3n) is 0. The molecule has 0 aromatic heterocycles. The minimum Gasteiger partial charge on any atom is -2.00 e. The first-order valence-electron chi connectivity index (χ1n) is 0. The van der Waals surface area contributed by atoms with Gasteiger partial charge in [0.2, 0.25) is 0 Å². The van der Waals surface area contributed by atoms with Crippen LogP contribution in [0.5, 0.6) is 0 Å². The molecule has 0 saturated carbocycles. The van der Waals surface area contributed by atoms with Gasteiger partial charge in [-0.1, -0.05) is 0 Å². The molecule has 0 aromatic rings. The fourth-order valence-corrected chi connectivity index (χ4v) is 0. The van der Waals surface area contributed by atoms with E-state index in [-0.39, 0.29) is 69.4 Å². The van der Waals surface area contributed by atoms with E-state index in [1.807, 2.05) is 0 Å². The first-order chi connectivity index (χ1) is 0. The summed E-state index contributed by atoms with van der Waals surface area (Å²) in [6, 6.07) is 0. The Bertz CT molecular complexity index is 8.75. The van der Waals surface area contributed by atoms with Crippen molar-refractivity contribution in [2.45, 2.75) is 0 Å². The zero-order chi connectivity index (χ0) is 0. The van der Waals surface area contributed by atoms with E-state index in [4.69, 9.17) is 0 Å². The Balaban J connectivity index is 0. The van der Waals surface area contributed by atoms with Gasteiger partial charge in [0.1, 0.15) is 0 Å². The molecule has 0 fully saturated rings. The first-order valence-corrected chi connectivity index (χ1v) is 0. The minimum atomic E-state index is 0. The van der Waals surface area contributed by atoms with Gasteiger partial charge < -0.3 is 16.4 Å². The molecule has 2 radical (unpaired) electrons. The smallest absolute Gasteiger partial charge is 2.00 e. The molecular weight excluding hydrogens is 165 g/mol. The number of hydrogen-bond acceptors (Lipinski definition) is 1. The van der Waals surface area contributed by atoms with Crippen molar-refractivity contribution in [1.29, 1.82) is 0 Å². The Morgan fingerprint density at radius 3 is 0.667 bits per heavy atom. The zero-order valence-electron chi connectivity index (χ0n) is 3.02. The van der Waals surface area contributed by atoms with Crippen LogP contribution in [0.3, 0.4) is 0 Å². The van der Waals surface area contributed by atoms with Gasteiger partial charge in [-0.3, -0.25) is 0 Å². The predicted molar refractivity (Wildman–Crippen MR) is 3.31 cm³/mol. The molecule has 0 amide bonds. The maximum absolute atomic E-state index is 0. The minimum absolute atomic E-state index is 0. The molecule has 34 valence electrons. The van der Waals surface area contributed by atoms with Gasteiger partial charge in [0.15, 0.2) is 0 Å². The fraction of sp³-hybridized carbons (Fsp3) is 0. The molecule has 6 heteroatoms. The summed E-state index contributed by atoms with van der Waals surface area (Å²) in [5.74, 6) is 0. The summed E-state index contributed by atoms with van der Waals surface area (Å²) in [6.45, 7) is 0. The van der Waals surface area contributed by atoms with Crippen LogP contribution >= 0.6 is 0 Å². The van der Waals surface area contributed by atoms with Gasteiger partial charge in [0.25, 0.3) is 0 Å². The molecular formula is HLiMn2O3.